The first-order chi connectivity index (χ1) is 12.9. The van der Waals surface area contributed by atoms with Crippen molar-refractivity contribution in [3.05, 3.63) is 58.7 Å². The second-order valence-electron chi connectivity index (χ2n) is 7.98. The van der Waals surface area contributed by atoms with Crippen LogP contribution in [0.2, 0.25) is 0 Å². The van der Waals surface area contributed by atoms with Crippen LogP contribution >= 0.6 is 0 Å². The molecule has 3 rings (SSSR count). The third kappa shape index (κ3) is 4.42. The zero-order valence-electron chi connectivity index (χ0n) is 16.9. The van der Waals surface area contributed by atoms with Gasteiger partial charge in [0.05, 0.1) is 0 Å². The number of nitrogens with zero attached hydrogens (tertiary/aromatic N) is 2. The Morgan fingerprint density at radius 3 is 2.74 bits per heavy atom. The highest BCUT2D eigenvalue weighted by Gasteiger charge is 2.33. The number of aryl methyl sites for hydroxylation is 2. The van der Waals surface area contributed by atoms with Gasteiger partial charge in [0.2, 0.25) is 5.91 Å². The average Bonchev–Trinajstić information content (AvgIpc) is 2.64. The van der Waals surface area contributed by atoms with Crippen LogP contribution in [0.25, 0.3) is 0 Å². The quantitative estimate of drug-likeness (QED) is 0.754. The predicted octanol–water partition coefficient (Wildman–Crippen LogP) is 4.88. The van der Waals surface area contributed by atoms with E-state index in [2.05, 4.69) is 23.6 Å². The summed E-state index contributed by atoms with van der Waals surface area (Å²) in [5, 5.41) is 0. The summed E-state index contributed by atoms with van der Waals surface area (Å²) in [7, 11) is 0. The Kier molecular flexibility index (Phi) is 6.03. The molecule has 0 radical (unpaired) electrons. The van der Waals surface area contributed by atoms with Crippen molar-refractivity contribution in [3.63, 3.8) is 0 Å². The minimum Gasteiger partial charge on any atom is -0.355 e. The van der Waals surface area contributed by atoms with Gasteiger partial charge in [0.1, 0.15) is 11.6 Å². The van der Waals surface area contributed by atoms with Gasteiger partial charge in [0.15, 0.2) is 0 Å². The van der Waals surface area contributed by atoms with Gasteiger partial charge in [-0.15, -0.1) is 0 Å². The number of fused-ring (bicyclic) bond motifs is 1. The lowest BCUT2D eigenvalue weighted by atomic mass is 9.95. The molecule has 0 saturated carbocycles. The van der Waals surface area contributed by atoms with Crippen LogP contribution in [0.15, 0.2) is 36.2 Å². The molecule has 2 heterocycles. The van der Waals surface area contributed by atoms with Gasteiger partial charge in [0, 0.05) is 26.1 Å². The van der Waals surface area contributed by atoms with Crippen LogP contribution in [-0.2, 0) is 11.2 Å². The summed E-state index contributed by atoms with van der Waals surface area (Å²) in [5.41, 5.74) is 3.69. The van der Waals surface area contributed by atoms with Crippen LogP contribution in [0.3, 0.4) is 0 Å². The Morgan fingerprint density at radius 1 is 1.26 bits per heavy atom. The van der Waals surface area contributed by atoms with Crippen molar-refractivity contribution in [3.8, 4) is 0 Å². The first kappa shape index (κ1) is 19.7. The Morgan fingerprint density at radius 2 is 2.04 bits per heavy atom. The summed E-state index contributed by atoms with van der Waals surface area (Å²) in [6, 6.07) is 4.23. The number of benzene rings is 1. The largest absolute Gasteiger partial charge is 0.355 e. The Hall–Kier alpha value is -2.10. The molecule has 4 heteroatoms. The molecule has 2 aliphatic rings. The fraction of sp³-hybridized carbons (Fsp3) is 0.522. The number of hydrogen-bond acceptors (Lipinski definition) is 2. The third-order valence-electron chi connectivity index (χ3n) is 6.00. The van der Waals surface area contributed by atoms with E-state index in [4.69, 9.17) is 0 Å². The van der Waals surface area contributed by atoms with Crippen molar-refractivity contribution in [2.75, 3.05) is 13.1 Å². The Bertz CT molecular complexity index is 745. The molecule has 0 N–H and O–H groups in total. The van der Waals surface area contributed by atoms with E-state index in [1.54, 1.807) is 13.0 Å². The number of halogens is 1. The van der Waals surface area contributed by atoms with Gasteiger partial charge in [-0.1, -0.05) is 18.2 Å². The molecule has 0 bridgehead atoms. The van der Waals surface area contributed by atoms with E-state index >= 15 is 0 Å². The molecule has 2 fully saturated rings. The minimum absolute atomic E-state index is 0.0919. The summed E-state index contributed by atoms with van der Waals surface area (Å²) >= 11 is 0. The number of hydrogen-bond donors (Lipinski definition) is 0. The van der Waals surface area contributed by atoms with Crippen LogP contribution in [0.1, 0.15) is 55.7 Å². The van der Waals surface area contributed by atoms with E-state index in [1.807, 2.05) is 18.7 Å². The van der Waals surface area contributed by atoms with Gasteiger partial charge < -0.3 is 4.90 Å². The van der Waals surface area contributed by atoms with E-state index < -0.39 is 0 Å². The van der Waals surface area contributed by atoms with E-state index in [9.17, 15) is 9.18 Å². The summed E-state index contributed by atoms with van der Waals surface area (Å²) in [5.74, 6) is 0.962. The zero-order chi connectivity index (χ0) is 19.6. The highest BCUT2D eigenvalue weighted by atomic mass is 19.1. The van der Waals surface area contributed by atoms with Crippen LogP contribution in [0, 0.1) is 19.7 Å². The van der Waals surface area contributed by atoms with Crippen LogP contribution < -0.4 is 0 Å². The molecule has 2 saturated heterocycles. The highest BCUT2D eigenvalue weighted by molar-refractivity contribution is 5.75. The predicted molar refractivity (Wildman–Crippen MR) is 108 cm³/mol. The molecule has 1 unspecified atom stereocenters. The van der Waals surface area contributed by atoms with Crippen molar-refractivity contribution < 1.29 is 9.18 Å². The summed E-state index contributed by atoms with van der Waals surface area (Å²) in [4.78, 5) is 16.4. The molecule has 3 nitrogen and oxygen atoms in total. The number of rotatable bonds is 4. The van der Waals surface area contributed by atoms with Crippen molar-refractivity contribution in [2.45, 2.75) is 65.3 Å². The van der Waals surface area contributed by atoms with Crippen molar-refractivity contribution in [2.24, 2.45) is 0 Å². The Balaban J connectivity index is 1.74. The lowest BCUT2D eigenvalue weighted by Crippen LogP contribution is -2.51. The van der Waals surface area contributed by atoms with E-state index in [1.165, 1.54) is 19.3 Å². The second kappa shape index (κ2) is 8.28. The minimum atomic E-state index is -0.139. The topological polar surface area (TPSA) is 23.6 Å². The maximum atomic E-state index is 14.0. The van der Waals surface area contributed by atoms with Gasteiger partial charge >= 0.3 is 0 Å². The lowest BCUT2D eigenvalue weighted by molar-refractivity contribution is -0.130. The lowest BCUT2D eigenvalue weighted by Gasteiger charge is -2.47. The van der Waals surface area contributed by atoms with Crippen LogP contribution in [-0.4, -0.2) is 34.8 Å². The van der Waals surface area contributed by atoms with Gasteiger partial charge in [-0.2, -0.15) is 0 Å². The summed E-state index contributed by atoms with van der Waals surface area (Å²) in [6.07, 6.45) is 8.29. The molecule has 1 amide bonds. The normalized spacial score (nSPS) is 21.3. The molecule has 2 aliphatic heterocycles. The first-order valence-corrected chi connectivity index (χ1v) is 10.1. The van der Waals surface area contributed by atoms with Crippen molar-refractivity contribution in [1.82, 2.24) is 9.80 Å². The maximum Gasteiger partial charge on any atom is 0.224 e. The fourth-order valence-electron chi connectivity index (χ4n) is 4.22. The average molecular weight is 371 g/mol. The molecule has 0 spiro atoms. The zero-order valence-corrected chi connectivity index (χ0v) is 16.9. The molecule has 0 aromatic heterocycles. The molecule has 146 valence electrons. The number of allylic oxidation sites excluding steroid dienone is 2. The standard InChI is InChI=1S/C23H31FN2O/c1-16(8-9-20-14-17(2)18(3)22(24)15-20)13-23-25(19(4)27)12-10-21-7-5-6-11-26(21)23/h13-15,21H,1,5-12H2,2-4H3/b23-13+. The van der Waals surface area contributed by atoms with E-state index in [-0.39, 0.29) is 11.7 Å². The van der Waals surface area contributed by atoms with Crippen LogP contribution in [0.5, 0.6) is 0 Å². The second-order valence-corrected chi connectivity index (χ2v) is 7.98. The monoisotopic (exact) mass is 370 g/mol. The molecule has 1 atom stereocenters. The first-order valence-electron chi connectivity index (χ1n) is 10.1. The van der Waals surface area contributed by atoms with Gasteiger partial charge in [-0.3, -0.25) is 9.69 Å². The van der Waals surface area contributed by atoms with E-state index in [0.717, 1.165) is 60.4 Å². The van der Waals surface area contributed by atoms with Gasteiger partial charge in [0.25, 0.3) is 0 Å². The SMILES string of the molecule is C=C(/C=C1\N(C(C)=O)CCC2CCCCN12)CCc1cc(C)c(C)c(F)c1. The number of piperidine rings is 1. The smallest absolute Gasteiger partial charge is 0.224 e. The summed E-state index contributed by atoms with van der Waals surface area (Å²) in [6.45, 7) is 11.4. The number of carbonyl (C=O) groups excluding carboxylic acids is 1. The molecular formula is C23H31FN2O. The van der Waals surface area contributed by atoms with Gasteiger partial charge in [-0.25, -0.2) is 4.39 Å². The Labute approximate surface area is 162 Å². The fourth-order valence-corrected chi connectivity index (χ4v) is 4.22. The van der Waals surface area contributed by atoms with Crippen LogP contribution in [0.4, 0.5) is 4.39 Å². The van der Waals surface area contributed by atoms with Crippen molar-refractivity contribution >= 4 is 5.91 Å². The molecule has 27 heavy (non-hydrogen) atoms. The van der Waals surface area contributed by atoms with Gasteiger partial charge in [-0.05, 0) is 81.2 Å². The van der Waals surface area contributed by atoms with Crippen molar-refractivity contribution in [1.29, 1.82) is 0 Å². The molecule has 1 aromatic rings. The highest BCUT2D eigenvalue weighted by Crippen LogP contribution is 2.31. The molecular weight excluding hydrogens is 339 g/mol. The number of amides is 1. The third-order valence-corrected chi connectivity index (χ3v) is 6.00. The van der Waals surface area contributed by atoms with E-state index in [0.29, 0.717) is 6.04 Å². The number of carbonyl (C=O) groups is 1. The molecule has 0 aliphatic carbocycles. The summed E-state index contributed by atoms with van der Waals surface area (Å²) < 4.78 is 14.0. The molecule has 1 aromatic carbocycles. The maximum absolute atomic E-state index is 14.0.